The molecule has 4 nitrogen and oxygen atoms in total. The molecular weight excluding hydrogens is 204 g/mol. The van der Waals surface area contributed by atoms with Crippen molar-refractivity contribution in [2.24, 2.45) is 5.73 Å². The Hall–Kier alpha value is -1.29. The fraction of sp³-hybridized carbons (Fsp3) is 0.583. The summed E-state index contributed by atoms with van der Waals surface area (Å²) < 4.78 is 5.41. The molecule has 16 heavy (non-hydrogen) atoms. The fourth-order valence-corrected chi connectivity index (χ4v) is 1.42. The van der Waals surface area contributed by atoms with E-state index in [9.17, 15) is 4.79 Å². The van der Waals surface area contributed by atoms with E-state index in [0.717, 1.165) is 11.5 Å². The smallest absolute Gasteiger partial charge is 0.224 e. The predicted molar refractivity (Wildman–Crippen MR) is 62.8 cm³/mol. The molecule has 0 aliphatic carbocycles. The van der Waals surface area contributed by atoms with Crippen LogP contribution in [0.4, 0.5) is 0 Å². The van der Waals surface area contributed by atoms with Gasteiger partial charge < -0.3 is 15.1 Å². The molecular formula is C12H20N2O2. The number of furan rings is 1. The van der Waals surface area contributed by atoms with Crippen molar-refractivity contribution in [3.8, 4) is 0 Å². The minimum Gasteiger partial charge on any atom is -0.464 e. The highest BCUT2D eigenvalue weighted by Gasteiger charge is 2.19. The number of rotatable bonds is 4. The van der Waals surface area contributed by atoms with Gasteiger partial charge in [-0.2, -0.15) is 0 Å². The molecule has 1 aromatic rings. The number of hydrogen-bond acceptors (Lipinski definition) is 3. The molecule has 0 saturated heterocycles. The summed E-state index contributed by atoms with van der Waals surface area (Å²) in [6.07, 6.45) is 0.336. The molecule has 1 amide bonds. The summed E-state index contributed by atoms with van der Waals surface area (Å²) >= 11 is 0. The van der Waals surface area contributed by atoms with Gasteiger partial charge in [-0.25, -0.2) is 0 Å². The van der Waals surface area contributed by atoms with Crippen LogP contribution in [0.2, 0.25) is 0 Å². The highest BCUT2D eigenvalue weighted by Crippen LogP contribution is 2.11. The van der Waals surface area contributed by atoms with Crippen LogP contribution in [0, 0.1) is 6.92 Å². The van der Waals surface area contributed by atoms with Gasteiger partial charge in [-0.05, 0) is 32.9 Å². The molecule has 0 aromatic carbocycles. The maximum absolute atomic E-state index is 11.8. The molecule has 1 aromatic heterocycles. The lowest BCUT2D eigenvalue weighted by Crippen LogP contribution is -2.39. The summed E-state index contributed by atoms with van der Waals surface area (Å²) in [5.74, 6) is 1.68. The Labute approximate surface area is 96.4 Å². The maximum atomic E-state index is 11.8. The topological polar surface area (TPSA) is 59.5 Å². The largest absolute Gasteiger partial charge is 0.464 e. The summed E-state index contributed by atoms with van der Waals surface area (Å²) in [6.45, 7) is 6.06. The van der Waals surface area contributed by atoms with Crippen LogP contribution >= 0.6 is 0 Å². The third kappa shape index (κ3) is 4.06. The molecule has 0 atom stereocenters. The molecule has 1 rings (SSSR count). The zero-order valence-corrected chi connectivity index (χ0v) is 10.4. The Bertz CT molecular complexity index is 363. The van der Waals surface area contributed by atoms with Crippen LogP contribution in [0.25, 0.3) is 0 Å². The molecule has 0 unspecified atom stereocenters. The molecule has 1 heterocycles. The van der Waals surface area contributed by atoms with Crippen LogP contribution in [0.3, 0.4) is 0 Å². The minimum absolute atomic E-state index is 0.0292. The molecule has 2 N–H and O–H groups in total. The third-order valence-electron chi connectivity index (χ3n) is 2.22. The highest BCUT2D eigenvalue weighted by molar-refractivity contribution is 5.76. The quantitative estimate of drug-likeness (QED) is 0.846. The van der Waals surface area contributed by atoms with Gasteiger partial charge in [0.2, 0.25) is 5.91 Å². The predicted octanol–water partition coefficient (Wildman–Crippen LogP) is 1.67. The van der Waals surface area contributed by atoms with E-state index < -0.39 is 5.54 Å². The van der Waals surface area contributed by atoms with Crippen molar-refractivity contribution in [3.05, 3.63) is 23.7 Å². The molecule has 0 fully saturated rings. The monoisotopic (exact) mass is 224 g/mol. The number of carbonyl (C=O) groups excluding carboxylic acids is 1. The Morgan fingerprint density at radius 1 is 1.50 bits per heavy atom. The molecule has 4 heteroatoms. The first-order chi connectivity index (χ1) is 7.28. The lowest BCUT2D eigenvalue weighted by Gasteiger charge is -2.22. The van der Waals surface area contributed by atoms with Crippen LogP contribution in [0.1, 0.15) is 31.8 Å². The lowest BCUT2D eigenvalue weighted by atomic mass is 10.0. The maximum Gasteiger partial charge on any atom is 0.224 e. The first-order valence-corrected chi connectivity index (χ1v) is 5.36. The van der Waals surface area contributed by atoms with Gasteiger partial charge in [0.05, 0.1) is 6.54 Å². The van der Waals surface area contributed by atoms with Crippen molar-refractivity contribution in [2.45, 2.75) is 39.3 Å². The van der Waals surface area contributed by atoms with Gasteiger partial charge in [0.15, 0.2) is 0 Å². The van der Waals surface area contributed by atoms with Gasteiger partial charge in [-0.3, -0.25) is 4.79 Å². The molecule has 0 aliphatic heterocycles. The van der Waals surface area contributed by atoms with E-state index in [1.54, 1.807) is 11.9 Å². The second kappa shape index (κ2) is 4.70. The summed E-state index contributed by atoms with van der Waals surface area (Å²) in [5.41, 5.74) is 5.33. The van der Waals surface area contributed by atoms with E-state index in [4.69, 9.17) is 10.2 Å². The van der Waals surface area contributed by atoms with Gasteiger partial charge in [0.1, 0.15) is 11.5 Å². The highest BCUT2D eigenvalue weighted by atomic mass is 16.3. The van der Waals surface area contributed by atoms with Crippen molar-refractivity contribution >= 4 is 5.91 Å². The van der Waals surface area contributed by atoms with E-state index in [1.807, 2.05) is 32.9 Å². The second-order valence-electron chi connectivity index (χ2n) is 4.93. The van der Waals surface area contributed by atoms with Crippen molar-refractivity contribution in [3.63, 3.8) is 0 Å². The number of hydrogen-bond donors (Lipinski definition) is 1. The standard InChI is InChI=1S/C12H20N2O2/c1-9-5-6-10(16-9)8-14(4)11(15)7-12(2,3)13/h5-6H,7-8,13H2,1-4H3. The number of nitrogens with two attached hydrogens (primary N) is 1. The summed E-state index contributed by atoms with van der Waals surface area (Å²) in [5, 5.41) is 0. The van der Waals surface area contributed by atoms with Crippen LogP contribution < -0.4 is 5.73 Å². The zero-order chi connectivity index (χ0) is 12.3. The number of nitrogens with zero attached hydrogens (tertiary/aromatic N) is 1. The van der Waals surface area contributed by atoms with Crippen LogP contribution in [0.5, 0.6) is 0 Å². The lowest BCUT2D eigenvalue weighted by molar-refractivity contribution is -0.131. The van der Waals surface area contributed by atoms with Gasteiger partial charge in [0.25, 0.3) is 0 Å². The van der Waals surface area contributed by atoms with Crippen LogP contribution in [0.15, 0.2) is 16.5 Å². The number of aryl methyl sites for hydroxylation is 1. The van der Waals surface area contributed by atoms with E-state index in [-0.39, 0.29) is 5.91 Å². The Kier molecular flexibility index (Phi) is 3.75. The number of amides is 1. The second-order valence-corrected chi connectivity index (χ2v) is 4.93. The van der Waals surface area contributed by atoms with E-state index in [1.165, 1.54) is 0 Å². The van der Waals surface area contributed by atoms with Crippen molar-refractivity contribution in [2.75, 3.05) is 7.05 Å². The average Bonchev–Trinajstić information content (AvgIpc) is 2.48. The summed E-state index contributed by atoms with van der Waals surface area (Å²) in [4.78, 5) is 13.4. The van der Waals surface area contributed by atoms with Crippen molar-refractivity contribution in [1.29, 1.82) is 0 Å². The van der Waals surface area contributed by atoms with Gasteiger partial charge >= 0.3 is 0 Å². The molecule has 90 valence electrons. The molecule has 0 radical (unpaired) electrons. The molecule has 0 aliphatic rings. The Balaban J connectivity index is 2.52. The van der Waals surface area contributed by atoms with Crippen molar-refractivity contribution in [1.82, 2.24) is 4.90 Å². The molecule has 0 bridgehead atoms. The van der Waals surface area contributed by atoms with Crippen LogP contribution in [-0.2, 0) is 11.3 Å². The average molecular weight is 224 g/mol. The summed E-state index contributed by atoms with van der Waals surface area (Å²) in [6, 6.07) is 3.77. The Morgan fingerprint density at radius 2 is 2.12 bits per heavy atom. The minimum atomic E-state index is -0.468. The Morgan fingerprint density at radius 3 is 2.56 bits per heavy atom. The first kappa shape index (κ1) is 12.8. The van der Waals surface area contributed by atoms with E-state index >= 15 is 0 Å². The van der Waals surface area contributed by atoms with Gasteiger partial charge in [-0.1, -0.05) is 0 Å². The van der Waals surface area contributed by atoms with Gasteiger partial charge in [-0.15, -0.1) is 0 Å². The number of carbonyl (C=O) groups is 1. The zero-order valence-electron chi connectivity index (χ0n) is 10.4. The van der Waals surface area contributed by atoms with Crippen LogP contribution in [-0.4, -0.2) is 23.4 Å². The molecule has 0 saturated carbocycles. The molecule has 0 spiro atoms. The third-order valence-corrected chi connectivity index (χ3v) is 2.22. The SMILES string of the molecule is Cc1ccc(CN(C)C(=O)CC(C)(C)N)o1. The van der Waals surface area contributed by atoms with Gasteiger partial charge in [0, 0.05) is 19.0 Å². The normalized spacial score (nSPS) is 11.6. The van der Waals surface area contributed by atoms with E-state index in [2.05, 4.69) is 0 Å². The van der Waals surface area contributed by atoms with E-state index in [0.29, 0.717) is 13.0 Å². The fourth-order valence-electron chi connectivity index (χ4n) is 1.42. The summed E-state index contributed by atoms with van der Waals surface area (Å²) in [7, 11) is 1.76. The van der Waals surface area contributed by atoms with Crippen molar-refractivity contribution < 1.29 is 9.21 Å². The first-order valence-electron chi connectivity index (χ1n) is 5.36.